The fourth-order valence-electron chi connectivity index (χ4n) is 1.99. The van der Waals surface area contributed by atoms with Crippen LogP contribution >= 0.6 is 0 Å². The first-order valence-corrected chi connectivity index (χ1v) is 7.32. The molecule has 0 aliphatic carbocycles. The highest BCUT2D eigenvalue weighted by Gasteiger charge is 2.13. The largest absolute Gasteiger partial charge is 0.380 e. The second kappa shape index (κ2) is 9.77. The molecule has 0 aromatic carbocycles. The van der Waals surface area contributed by atoms with Crippen LogP contribution in [-0.4, -0.2) is 30.7 Å². The van der Waals surface area contributed by atoms with Gasteiger partial charge in [0.2, 0.25) is 0 Å². The van der Waals surface area contributed by atoms with Crippen molar-refractivity contribution in [3.8, 4) is 11.8 Å². The summed E-state index contributed by atoms with van der Waals surface area (Å²) in [7, 11) is 0. The van der Waals surface area contributed by atoms with E-state index in [0.717, 1.165) is 37.0 Å². The van der Waals surface area contributed by atoms with Crippen LogP contribution in [-0.2, 0) is 9.47 Å². The highest BCUT2D eigenvalue weighted by molar-refractivity contribution is 5.25. The smallest absolute Gasteiger partial charge is 0.157 e. The van der Waals surface area contributed by atoms with E-state index in [2.05, 4.69) is 24.5 Å². The molecule has 1 fully saturated rings. The average Bonchev–Trinajstić information content (AvgIpc) is 2.42. The molecular formula is C17H26O3. The maximum absolute atomic E-state index is 9.72. The van der Waals surface area contributed by atoms with Crippen molar-refractivity contribution in [2.45, 2.75) is 58.3 Å². The molecule has 1 rings (SSSR count). The number of ether oxygens (including phenoxy) is 2. The molecule has 3 nitrogen and oxygen atoms in total. The zero-order valence-corrected chi connectivity index (χ0v) is 12.7. The summed E-state index contributed by atoms with van der Waals surface area (Å²) in [6.45, 7) is 8.99. The highest BCUT2D eigenvalue weighted by atomic mass is 16.7. The molecule has 0 aromatic heterocycles. The Balaban J connectivity index is 2.17. The molecule has 2 atom stereocenters. The van der Waals surface area contributed by atoms with Gasteiger partial charge in [-0.2, -0.15) is 0 Å². The minimum absolute atomic E-state index is 0.0236. The molecule has 0 aromatic rings. The molecule has 112 valence electrons. The number of allylic oxidation sites excluding steroid dienone is 1. The number of hydrogen-bond acceptors (Lipinski definition) is 3. The molecule has 1 aliphatic heterocycles. The first-order chi connectivity index (χ1) is 9.58. The van der Waals surface area contributed by atoms with E-state index >= 15 is 0 Å². The van der Waals surface area contributed by atoms with E-state index in [1.165, 1.54) is 6.42 Å². The van der Waals surface area contributed by atoms with Crippen molar-refractivity contribution in [1.82, 2.24) is 0 Å². The lowest BCUT2D eigenvalue weighted by molar-refractivity contribution is -0.161. The van der Waals surface area contributed by atoms with Gasteiger partial charge < -0.3 is 14.6 Å². The summed E-state index contributed by atoms with van der Waals surface area (Å²) in [6.07, 6.45) is 6.18. The Labute approximate surface area is 122 Å². The third-order valence-electron chi connectivity index (χ3n) is 3.02. The zero-order valence-electron chi connectivity index (χ0n) is 12.7. The van der Waals surface area contributed by atoms with Crippen LogP contribution in [0.15, 0.2) is 23.8 Å². The van der Waals surface area contributed by atoms with Crippen LogP contribution < -0.4 is 0 Å². The third kappa shape index (κ3) is 8.16. The van der Waals surface area contributed by atoms with Gasteiger partial charge in [0.05, 0.1) is 6.61 Å². The average molecular weight is 278 g/mol. The molecular weight excluding hydrogens is 252 g/mol. The molecule has 20 heavy (non-hydrogen) atoms. The molecule has 0 saturated carbocycles. The second-order valence-corrected chi connectivity index (χ2v) is 5.28. The van der Waals surface area contributed by atoms with Crippen molar-refractivity contribution < 1.29 is 14.6 Å². The molecule has 1 heterocycles. The van der Waals surface area contributed by atoms with Gasteiger partial charge in [0.15, 0.2) is 6.29 Å². The van der Waals surface area contributed by atoms with Gasteiger partial charge in [-0.05, 0) is 45.1 Å². The van der Waals surface area contributed by atoms with Gasteiger partial charge in [0.1, 0.15) is 6.10 Å². The molecule has 0 spiro atoms. The molecule has 2 unspecified atom stereocenters. The Hall–Kier alpha value is -1.08. The molecule has 3 heteroatoms. The van der Waals surface area contributed by atoms with Crippen LogP contribution in [0.2, 0.25) is 0 Å². The van der Waals surface area contributed by atoms with E-state index in [1.807, 2.05) is 13.8 Å². The van der Waals surface area contributed by atoms with Gasteiger partial charge in [-0.25, -0.2) is 0 Å². The van der Waals surface area contributed by atoms with Gasteiger partial charge in [-0.15, -0.1) is 0 Å². The Kier molecular flexibility index (Phi) is 8.29. The van der Waals surface area contributed by atoms with Gasteiger partial charge in [0.25, 0.3) is 0 Å². The minimum Gasteiger partial charge on any atom is -0.380 e. The summed E-state index contributed by atoms with van der Waals surface area (Å²) in [5.74, 6) is 5.57. The Morgan fingerprint density at radius 1 is 1.50 bits per heavy atom. The van der Waals surface area contributed by atoms with Crippen LogP contribution in [0.1, 0.15) is 46.0 Å². The fraction of sp³-hybridized carbons (Fsp3) is 0.647. The first kappa shape index (κ1) is 17.0. The highest BCUT2D eigenvalue weighted by Crippen LogP contribution is 2.14. The van der Waals surface area contributed by atoms with Crippen LogP contribution in [0.25, 0.3) is 0 Å². The van der Waals surface area contributed by atoms with Gasteiger partial charge >= 0.3 is 0 Å². The fourth-order valence-corrected chi connectivity index (χ4v) is 1.99. The monoisotopic (exact) mass is 278 g/mol. The molecule has 1 saturated heterocycles. The van der Waals surface area contributed by atoms with E-state index in [0.29, 0.717) is 13.0 Å². The first-order valence-electron chi connectivity index (χ1n) is 7.32. The summed E-state index contributed by atoms with van der Waals surface area (Å²) in [4.78, 5) is 0. The lowest BCUT2D eigenvalue weighted by atomic mass is 10.1. The topological polar surface area (TPSA) is 38.7 Å². The van der Waals surface area contributed by atoms with Crippen molar-refractivity contribution >= 4 is 0 Å². The number of aliphatic hydroxyl groups is 1. The maximum atomic E-state index is 9.72. The lowest BCUT2D eigenvalue weighted by Gasteiger charge is -2.22. The van der Waals surface area contributed by atoms with Crippen molar-refractivity contribution in [1.29, 1.82) is 0 Å². The Morgan fingerprint density at radius 2 is 2.30 bits per heavy atom. The molecule has 1 aliphatic rings. The van der Waals surface area contributed by atoms with Gasteiger partial charge in [-0.3, -0.25) is 0 Å². The van der Waals surface area contributed by atoms with Gasteiger partial charge in [-0.1, -0.05) is 30.1 Å². The summed E-state index contributed by atoms with van der Waals surface area (Å²) >= 11 is 0. The van der Waals surface area contributed by atoms with E-state index < -0.39 is 6.10 Å². The van der Waals surface area contributed by atoms with E-state index in [4.69, 9.17) is 9.47 Å². The normalized spacial score (nSPS) is 20.9. The standard InChI is InChI=1S/C17H26O3/c1-14(2)9-10-16(18)13-15(3)7-6-12-20-17-8-4-5-11-19-17/h7,16-18H,1,4-6,8,11-13H2,2-3H3/b15-7+. The third-order valence-corrected chi connectivity index (χ3v) is 3.02. The quantitative estimate of drug-likeness (QED) is 0.461. The summed E-state index contributed by atoms with van der Waals surface area (Å²) in [6, 6.07) is 0. The van der Waals surface area contributed by atoms with Crippen LogP contribution in [0.4, 0.5) is 0 Å². The predicted molar refractivity (Wildman–Crippen MR) is 81.1 cm³/mol. The van der Waals surface area contributed by atoms with E-state index in [1.54, 1.807) is 0 Å². The Morgan fingerprint density at radius 3 is 2.95 bits per heavy atom. The second-order valence-electron chi connectivity index (χ2n) is 5.28. The molecule has 0 radical (unpaired) electrons. The molecule has 0 amide bonds. The van der Waals surface area contributed by atoms with Crippen LogP contribution in [0, 0.1) is 11.8 Å². The molecule has 0 bridgehead atoms. The molecule has 1 N–H and O–H groups in total. The minimum atomic E-state index is -0.620. The zero-order chi connectivity index (χ0) is 14.8. The number of rotatable bonds is 6. The summed E-state index contributed by atoms with van der Waals surface area (Å²) < 4.78 is 11.1. The van der Waals surface area contributed by atoms with Crippen LogP contribution in [0.3, 0.4) is 0 Å². The predicted octanol–water partition coefficient (Wildman–Crippen LogP) is 3.20. The summed E-state index contributed by atoms with van der Waals surface area (Å²) in [5, 5.41) is 9.72. The van der Waals surface area contributed by atoms with E-state index in [9.17, 15) is 5.11 Å². The Bertz CT molecular complexity index is 381. The van der Waals surface area contributed by atoms with Gasteiger partial charge in [0, 0.05) is 13.0 Å². The van der Waals surface area contributed by atoms with Crippen molar-refractivity contribution in [2.75, 3.05) is 13.2 Å². The van der Waals surface area contributed by atoms with Crippen LogP contribution in [0.5, 0.6) is 0 Å². The van der Waals surface area contributed by atoms with E-state index in [-0.39, 0.29) is 6.29 Å². The SMILES string of the molecule is C=C(C)C#CC(O)C/C(C)=C/CCOC1CCCCO1. The summed E-state index contributed by atoms with van der Waals surface area (Å²) in [5.41, 5.74) is 1.90. The van der Waals surface area contributed by atoms with Crippen molar-refractivity contribution in [3.63, 3.8) is 0 Å². The van der Waals surface area contributed by atoms with Crippen molar-refractivity contribution in [3.05, 3.63) is 23.8 Å². The van der Waals surface area contributed by atoms with Crippen molar-refractivity contribution in [2.24, 2.45) is 0 Å². The number of aliphatic hydroxyl groups excluding tert-OH is 1. The number of hydrogen-bond donors (Lipinski definition) is 1. The lowest BCUT2D eigenvalue weighted by Crippen LogP contribution is -2.22. The maximum Gasteiger partial charge on any atom is 0.157 e.